The van der Waals surface area contributed by atoms with Crippen molar-refractivity contribution < 1.29 is 9.21 Å². The van der Waals surface area contributed by atoms with E-state index < -0.39 is 0 Å². The highest BCUT2D eigenvalue weighted by molar-refractivity contribution is 5.79. The zero-order chi connectivity index (χ0) is 17.9. The van der Waals surface area contributed by atoms with Gasteiger partial charge in [-0.1, -0.05) is 23.3 Å². The van der Waals surface area contributed by atoms with Gasteiger partial charge in [-0.05, 0) is 32.0 Å². The van der Waals surface area contributed by atoms with E-state index in [4.69, 9.17) is 4.42 Å². The van der Waals surface area contributed by atoms with E-state index in [-0.39, 0.29) is 5.92 Å². The average molecular weight is 355 g/mol. The number of hydrogen-bond donors (Lipinski definition) is 0. The average Bonchev–Trinajstić information content (AvgIpc) is 3.19. The maximum absolute atomic E-state index is 12.7. The molecule has 4 rings (SSSR count). The zero-order valence-corrected chi connectivity index (χ0v) is 15.2. The van der Waals surface area contributed by atoms with E-state index in [0.29, 0.717) is 17.8 Å². The number of anilines is 1. The number of hydrogen-bond acceptors (Lipinski definition) is 6. The lowest BCUT2D eigenvalue weighted by Crippen LogP contribution is -2.50. The van der Waals surface area contributed by atoms with E-state index in [1.54, 1.807) is 0 Å². The van der Waals surface area contributed by atoms with Gasteiger partial charge in [-0.2, -0.15) is 0 Å². The van der Waals surface area contributed by atoms with Gasteiger partial charge in [-0.25, -0.2) is 0 Å². The van der Waals surface area contributed by atoms with E-state index in [2.05, 4.69) is 27.0 Å². The monoisotopic (exact) mass is 355 g/mol. The number of carbonyl (C=O) groups is 1. The van der Waals surface area contributed by atoms with Gasteiger partial charge in [0.2, 0.25) is 11.8 Å². The minimum atomic E-state index is 0.117. The highest BCUT2D eigenvalue weighted by Crippen LogP contribution is 2.26. The van der Waals surface area contributed by atoms with Gasteiger partial charge >= 0.3 is 6.01 Å². The van der Waals surface area contributed by atoms with Crippen LogP contribution in [0.3, 0.4) is 0 Å². The summed E-state index contributed by atoms with van der Waals surface area (Å²) in [4.78, 5) is 19.1. The summed E-state index contributed by atoms with van der Waals surface area (Å²) in [5, 5.41) is 8.35. The van der Waals surface area contributed by atoms with Crippen molar-refractivity contribution in [1.82, 2.24) is 20.0 Å². The van der Waals surface area contributed by atoms with Gasteiger partial charge in [0, 0.05) is 50.7 Å². The summed E-state index contributed by atoms with van der Waals surface area (Å²) >= 11 is 0. The quantitative estimate of drug-likeness (QED) is 0.835. The summed E-state index contributed by atoms with van der Waals surface area (Å²) < 4.78 is 5.84. The van der Waals surface area contributed by atoms with Crippen molar-refractivity contribution in [2.45, 2.75) is 12.8 Å². The first kappa shape index (κ1) is 17.0. The van der Waals surface area contributed by atoms with Crippen LogP contribution in [0.25, 0.3) is 11.5 Å². The van der Waals surface area contributed by atoms with Gasteiger partial charge in [0.25, 0.3) is 0 Å². The molecule has 0 spiro atoms. The molecule has 2 aromatic rings. The highest BCUT2D eigenvalue weighted by Gasteiger charge is 2.31. The maximum atomic E-state index is 12.7. The van der Waals surface area contributed by atoms with E-state index in [1.807, 2.05) is 35.2 Å². The third-order valence-corrected chi connectivity index (χ3v) is 5.36. The van der Waals surface area contributed by atoms with Crippen molar-refractivity contribution in [3.63, 3.8) is 0 Å². The normalized spacial score (nSPS) is 19.7. The summed E-state index contributed by atoms with van der Waals surface area (Å²) in [6.45, 7) is 5.18. The fourth-order valence-corrected chi connectivity index (χ4v) is 3.64. The molecule has 0 saturated carbocycles. The smallest absolute Gasteiger partial charge is 0.318 e. The Kier molecular flexibility index (Phi) is 4.88. The minimum Gasteiger partial charge on any atom is -0.403 e. The highest BCUT2D eigenvalue weighted by atomic mass is 16.4. The van der Waals surface area contributed by atoms with E-state index in [0.717, 1.165) is 57.7 Å². The zero-order valence-electron chi connectivity index (χ0n) is 15.2. The second kappa shape index (κ2) is 7.45. The Morgan fingerprint density at radius 1 is 1.00 bits per heavy atom. The number of piperidine rings is 1. The SMILES string of the molecule is CN1CCN(C(=O)C2CCN(c3nnc(-c4ccccc4)o3)CC2)CC1. The summed E-state index contributed by atoms with van der Waals surface area (Å²) in [6, 6.07) is 10.3. The summed E-state index contributed by atoms with van der Waals surface area (Å²) in [5.41, 5.74) is 0.923. The Morgan fingerprint density at radius 2 is 1.69 bits per heavy atom. The number of rotatable bonds is 3. The molecule has 1 amide bonds. The van der Waals surface area contributed by atoms with Crippen molar-refractivity contribution in [3.05, 3.63) is 30.3 Å². The van der Waals surface area contributed by atoms with Gasteiger partial charge in [0.05, 0.1) is 0 Å². The molecular formula is C19H25N5O2. The van der Waals surface area contributed by atoms with Crippen LogP contribution in [0.1, 0.15) is 12.8 Å². The number of benzene rings is 1. The van der Waals surface area contributed by atoms with Crippen LogP contribution in [0.4, 0.5) is 6.01 Å². The molecule has 0 radical (unpaired) electrons. The molecule has 0 atom stereocenters. The second-order valence-corrected chi connectivity index (χ2v) is 7.15. The van der Waals surface area contributed by atoms with Crippen LogP contribution < -0.4 is 4.90 Å². The molecule has 1 aromatic heterocycles. The van der Waals surface area contributed by atoms with Crippen LogP contribution >= 0.6 is 0 Å². The molecule has 0 aliphatic carbocycles. The maximum Gasteiger partial charge on any atom is 0.318 e. The third kappa shape index (κ3) is 3.58. The first-order valence-electron chi connectivity index (χ1n) is 9.32. The number of nitrogens with zero attached hydrogens (tertiary/aromatic N) is 5. The molecule has 3 heterocycles. The van der Waals surface area contributed by atoms with Crippen molar-refractivity contribution in [2.24, 2.45) is 5.92 Å². The molecular weight excluding hydrogens is 330 g/mol. The van der Waals surface area contributed by atoms with Gasteiger partial charge in [0.15, 0.2) is 0 Å². The van der Waals surface area contributed by atoms with Crippen molar-refractivity contribution in [3.8, 4) is 11.5 Å². The first-order chi connectivity index (χ1) is 12.7. The topological polar surface area (TPSA) is 65.7 Å². The Bertz CT molecular complexity index is 731. The standard InChI is InChI=1S/C19H25N5O2/c1-22-11-13-23(14-12-22)18(25)16-7-9-24(10-8-16)19-21-20-17(26-19)15-5-3-2-4-6-15/h2-6,16H,7-14H2,1H3. The minimum absolute atomic E-state index is 0.117. The molecule has 2 saturated heterocycles. The molecule has 0 bridgehead atoms. The number of piperazine rings is 1. The molecule has 2 fully saturated rings. The fourth-order valence-electron chi connectivity index (χ4n) is 3.64. The lowest BCUT2D eigenvalue weighted by atomic mass is 9.95. The molecule has 26 heavy (non-hydrogen) atoms. The van der Waals surface area contributed by atoms with Gasteiger partial charge in [0.1, 0.15) is 0 Å². The summed E-state index contributed by atoms with van der Waals surface area (Å²) in [5.74, 6) is 0.968. The van der Waals surface area contributed by atoms with E-state index in [9.17, 15) is 4.79 Å². The van der Waals surface area contributed by atoms with Crippen molar-refractivity contribution in [2.75, 3.05) is 51.2 Å². The van der Waals surface area contributed by atoms with E-state index >= 15 is 0 Å². The molecule has 2 aliphatic rings. The number of carbonyl (C=O) groups excluding carboxylic acids is 1. The van der Waals surface area contributed by atoms with Crippen LogP contribution in [0.5, 0.6) is 0 Å². The summed E-state index contributed by atoms with van der Waals surface area (Å²) in [7, 11) is 2.11. The number of likely N-dealkylation sites (N-methyl/N-ethyl adjacent to an activating group) is 1. The van der Waals surface area contributed by atoms with Crippen LogP contribution in [-0.2, 0) is 4.79 Å². The molecule has 7 nitrogen and oxygen atoms in total. The van der Waals surface area contributed by atoms with Gasteiger partial charge in [-0.3, -0.25) is 4.79 Å². The van der Waals surface area contributed by atoms with Crippen LogP contribution in [0.2, 0.25) is 0 Å². The van der Waals surface area contributed by atoms with Gasteiger partial charge in [-0.15, -0.1) is 5.10 Å². The first-order valence-corrected chi connectivity index (χ1v) is 9.32. The Hall–Kier alpha value is -2.41. The van der Waals surface area contributed by atoms with Crippen LogP contribution in [0.15, 0.2) is 34.7 Å². The number of amides is 1. The van der Waals surface area contributed by atoms with Gasteiger partial charge < -0.3 is 19.1 Å². The largest absolute Gasteiger partial charge is 0.403 e. The molecule has 138 valence electrons. The summed E-state index contributed by atoms with van der Waals surface area (Å²) in [6.07, 6.45) is 1.68. The molecule has 2 aliphatic heterocycles. The van der Waals surface area contributed by atoms with Crippen LogP contribution in [-0.4, -0.2) is 72.2 Å². The molecule has 0 N–H and O–H groups in total. The number of aromatic nitrogens is 2. The third-order valence-electron chi connectivity index (χ3n) is 5.36. The second-order valence-electron chi connectivity index (χ2n) is 7.15. The predicted octanol–water partition coefficient (Wildman–Crippen LogP) is 1.73. The molecule has 1 aromatic carbocycles. The Balaban J connectivity index is 1.34. The van der Waals surface area contributed by atoms with Crippen LogP contribution in [0, 0.1) is 5.92 Å². The molecule has 0 unspecified atom stereocenters. The molecule has 7 heteroatoms. The van der Waals surface area contributed by atoms with Crippen molar-refractivity contribution >= 4 is 11.9 Å². The van der Waals surface area contributed by atoms with Crippen molar-refractivity contribution in [1.29, 1.82) is 0 Å². The predicted molar refractivity (Wildman–Crippen MR) is 98.7 cm³/mol. The lowest BCUT2D eigenvalue weighted by Gasteiger charge is -2.37. The lowest BCUT2D eigenvalue weighted by molar-refractivity contribution is -0.137. The fraction of sp³-hybridized carbons (Fsp3) is 0.526. The van der Waals surface area contributed by atoms with E-state index in [1.165, 1.54) is 0 Å². The Morgan fingerprint density at radius 3 is 2.38 bits per heavy atom. The Labute approximate surface area is 153 Å².